The molecule has 16 heavy (non-hydrogen) atoms. The summed E-state index contributed by atoms with van der Waals surface area (Å²) in [6, 6.07) is 4.05. The Labute approximate surface area is 95.4 Å². The third-order valence-electron chi connectivity index (χ3n) is 2.87. The van der Waals surface area contributed by atoms with Gasteiger partial charge in [-0.05, 0) is 30.0 Å². The van der Waals surface area contributed by atoms with Gasteiger partial charge in [0.1, 0.15) is 19.5 Å². The smallest absolute Gasteiger partial charge is 0.164 e. The zero-order valence-electron chi connectivity index (χ0n) is 9.66. The second kappa shape index (κ2) is 4.56. The predicted octanol–water partition coefficient (Wildman–Crippen LogP) is 2.46. The number of rotatable bonds is 3. The first-order valence-electron chi connectivity index (χ1n) is 5.56. The van der Waals surface area contributed by atoms with Gasteiger partial charge in [-0.2, -0.15) is 0 Å². The van der Waals surface area contributed by atoms with Gasteiger partial charge in [0.2, 0.25) is 0 Å². The van der Waals surface area contributed by atoms with Crippen molar-refractivity contribution in [2.45, 2.75) is 26.2 Å². The van der Waals surface area contributed by atoms with Crippen LogP contribution in [0.4, 0.5) is 0 Å². The summed E-state index contributed by atoms with van der Waals surface area (Å²) in [6.07, 6.45) is 1.50. The number of carbonyl (C=O) groups excluding carboxylic acids is 1. The second-order valence-corrected chi connectivity index (χ2v) is 4.17. The number of hydrogen-bond acceptors (Lipinski definition) is 3. The van der Waals surface area contributed by atoms with E-state index in [4.69, 9.17) is 9.47 Å². The minimum atomic E-state index is 0.229. The van der Waals surface area contributed by atoms with Crippen molar-refractivity contribution in [2.75, 3.05) is 13.2 Å². The number of aldehydes is 1. The number of fused-ring (bicyclic) bond motifs is 1. The van der Waals surface area contributed by atoms with Gasteiger partial charge in [0.15, 0.2) is 11.5 Å². The van der Waals surface area contributed by atoms with Crippen LogP contribution in [0.5, 0.6) is 11.5 Å². The van der Waals surface area contributed by atoms with Crippen molar-refractivity contribution in [3.05, 3.63) is 23.3 Å². The first-order valence-corrected chi connectivity index (χ1v) is 5.56. The van der Waals surface area contributed by atoms with Crippen molar-refractivity contribution in [3.8, 4) is 11.5 Å². The first-order chi connectivity index (χ1) is 7.72. The molecule has 0 fully saturated rings. The van der Waals surface area contributed by atoms with Gasteiger partial charge in [0.25, 0.3) is 0 Å². The van der Waals surface area contributed by atoms with E-state index in [-0.39, 0.29) is 5.92 Å². The molecule has 1 aromatic rings. The number of carbonyl (C=O) groups is 1. The summed E-state index contributed by atoms with van der Waals surface area (Å²) in [6.45, 7) is 5.25. The average molecular weight is 220 g/mol. The third-order valence-corrected chi connectivity index (χ3v) is 2.87. The molecule has 0 saturated heterocycles. The van der Waals surface area contributed by atoms with Crippen LogP contribution >= 0.6 is 0 Å². The van der Waals surface area contributed by atoms with E-state index in [0.29, 0.717) is 19.6 Å². The molecule has 1 aliphatic heterocycles. The molecule has 1 heterocycles. The molecular weight excluding hydrogens is 204 g/mol. The van der Waals surface area contributed by atoms with Gasteiger partial charge in [0.05, 0.1) is 0 Å². The Balaban J connectivity index is 2.34. The molecule has 3 nitrogen and oxygen atoms in total. The fourth-order valence-electron chi connectivity index (χ4n) is 1.92. The highest BCUT2D eigenvalue weighted by atomic mass is 16.6. The SMILES string of the molecule is Cc1cc(C(C)CC=O)cc2c1OCCO2. The minimum absolute atomic E-state index is 0.229. The van der Waals surface area contributed by atoms with Crippen LogP contribution in [0.2, 0.25) is 0 Å². The topological polar surface area (TPSA) is 35.5 Å². The summed E-state index contributed by atoms with van der Waals surface area (Å²) in [5, 5.41) is 0. The molecule has 86 valence electrons. The van der Waals surface area contributed by atoms with Crippen LogP contribution < -0.4 is 9.47 Å². The summed E-state index contributed by atoms with van der Waals surface area (Å²) in [5.41, 5.74) is 2.21. The Morgan fingerprint density at radius 3 is 2.88 bits per heavy atom. The van der Waals surface area contributed by atoms with Crippen LogP contribution in [0.3, 0.4) is 0 Å². The molecule has 0 aliphatic carbocycles. The number of aryl methyl sites for hydroxylation is 1. The number of benzene rings is 1. The van der Waals surface area contributed by atoms with Crippen LogP contribution in [-0.2, 0) is 4.79 Å². The van der Waals surface area contributed by atoms with Crippen molar-refractivity contribution >= 4 is 6.29 Å². The van der Waals surface area contributed by atoms with Crippen molar-refractivity contribution in [3.63, 3.8) is 0 Å². The summed E-state index contributed by atoms with van der Waals surface area (Å²) in [5.74, 6) is 1.87. The van der Waals surface area contributed by atoms with Gasteiger partial charge in [-0.15, -0.1) is 0 Å². The van der Waals surface area contributed by atoms with Crippen molar-refractivity contribution in [1.29, 1.82) is 0 Å². The molecule has 0 N–H and O–H groups in total. The third kappa shape index (κ3) is 2.03. The monoisotopic (exact) mass is 220 g/mol. The van der Waals surface area contributed by atoms with Gasteiger partial charge in [-0.25, -0.2) is 0 Å². The Morgan fingerprint density at radius 1 is 1.38 bits per heavy atom. The summed E-state index contributed by atoms with van der Waals surface area (Å²) in [7, 11) is 0. The molecule has 0 radical (unpaired) electrons. The molecular formula is C13H16O3. The van der Waals surface area contributed by atoms with Crippen LogP contribution in [0.25, 0.3) is 0 Å². The molecule has 0 spiro atoms. The summed E-state index contributed by atoms with van der Waals surface area (Å²) < 4.78 is 11.1. The Kier molecular flexibility index (Phi) is 3.13. The lowest BCUT2D eigenvalue weighted by atomic mass is 9.96. The molecule has 0 bridgehead atoms. The largest absolute Gasteiger partial charge is 0.486 e. The van der Waals surface area contributed by atoms with Gasteiger partial charge < -0.3 is 14.3 Å². The van der Waals surface area contributed by atoms with Crippen LogP contribution in [0.15, 0.2) is 12.1 Å². The van der Waals surface area contributed by atoms with E-state index in [1.807, 2.05) is 19.9 Å². The summed E-state index contributed by atoms with van der Waals surface area (Å²) >= 11 is 0. The van der Waals surface area contributed by atoms with Gasteiger partial charge in [-0.1, -0.05) is 13.0 Å². The first kappa shape index (κ1) is 11.0. The van der Waals surface area contributed by atoms with Crippen molar-refractivity contribution in [1.82, 2.24) is 0 Å². The average Bonchev–Trinajstić information content (AvgIpc) is 2.29. The van der Waals surface area contributed by atoms with Crippen LogP contribution in [0, 0.1) is 6.92 Å². The van der Waals surface area contributed by atoms with E-state index >= 15 is 0 Å². The van der Waals surface area contributed by atoms with E-state index in [1.165, 1.54) is 0 Å². The molecule has 1 aromatic carbocycles. The van der Waals surface area contributed by atoms with E-state index in [2.05, 4.69) is 6.07 Å². The van der Waals surface area contributed by atoms with Gasteiger partial charge >= 0.3 is 0 Å². The van der Waals surface area contributed by atoms with E-state index in [9.17, 15) is 4.79 Å². The lowest BCUT2D eigenvalue weighted by molar-refractivity contribution is -0.108. The lowest BCUT2D eigenvalue weighted by Crippen LogP contribution is -2.16. The predicted molar refractivity (Wildman–Crippen MR) is 61.3 cm³/mol. The lowest BCUT2D eigenvalue weighted by Gasteiger charge is -2.22. The maximum absolute atomic E-state index is 10.5. The highest BCUT2D eigenvalue weighted by molar-refractivity contribution is 5.54. The zero-order valence-corrected chi connectivity index (χ0v) is 9.66. The molecule has 1 atom stereocenters. The quantitative estimate of drug-likeness (QED) is 0.734. The standard InChI is InChI=1S/C13H16O3/c1-9(3-4-14)11-7-10(2)13-12(8-11)15-5-6-16-13/h4,7-9H,3,5-6H2,1-2H3. The normalized spacial score (nSPS) is 15.6. The molecule has 3 heteroatoms. The highest BCUT2D eigenvalue weighted by Crippen LogP contribution is 2.37. The Hall–Kier alpha value is -1.51. The van der Waals surface area contributed by atoms with E-state index in [1.54, 1.807) is 0 Å². The Bertz CT molecular complexity index is 398. The highest BCUT2D eigenvalue weighted by Gasteiger charge is 2.17. The van der Waals surface area contributed by atoms with E-state index < -0.39 is 0 Å². The molecule has 1 aliphatic rings. The zero-order chi connectivity index (χ0) is 11.5. The number of ether oxygens (including phenoxy) is 2. The molecule has 0 amide bonds. The van der Waals surface area contributed by atoms with Crippen LogP contribution in [0.1, 0.15) is 30.4 Å². The van der Waals surface area contributed by atoms with Crippen molar-refractivity contribution in [2.24, 2.45) is 0 Å². The van der Waals surface area contributed by atoms with Gasteiger partial charge in [0, 0.05) is 6.42 Å². The fraction of sp³-hybridized carbons (Fsp3) is 0.462. The Morgan fingerprint density at radius 2 is 2.12 bits per heavy atom. The maximum Gasteiger partial charge on any atom is 0.164 e. The molecule has 1 unspecified atom stereocenters. The fourth-order valence-corrected chi connectivity index (χ4v) is 1.92. The maximum atomic E-state index is 10.5. The molecule has 2 rings (SSSR count). The number of hydrogen-bond donors (Lipinski definition) is 0. The van der Waals surface area contributed by atoms with Crippen LogP contribution in [-0.4, -0.2) is 19.5 Å². The van der Waals surface area contributed by atoms with E-state index in [0.717, 1.165) is 28.9 Å². The second-order valence-electron chi connectivity index (χ2n) is 4.17. The molecule has 0 aromatic heterocycles. The minimum Gasteiger partial charge on any atom is -0.486 e. The van der Waals surface area contributed by atoms with Gasteiger partial charge in [-0.3, -0.25) is 0 Å². The summed E-state index contributed by atoms with van der Waals surface area (Å²) in [4.78, 5) is 10.5. The molecule has 0 saturated carbocycles. The van der Waals surface area contributed by atoms with Crippen molar-refractivity contribution < 1.29 is 14.3 Å².